The quantitative estimate of drug-likeness (QED) is 0.847. The Kier molecular flexibility index (Phi) is 3.21. The van der Waals surface area contributed by atoms with Crippen LogP contribution in [0.15, 0.2) is 23.9 Å². The topological polar surface area (TPSA) is 29.1 Å². The molecule has 2 rings (SSSR count). The highest BCUT2D eigenvalue weighted by atomic mass is 32.1. The summed E-state index contributed by atoms with van der Waals surface area (Å²) in [7, 11) is 0. The first kappa shape index (κ1) is 10.4. The van der Waals surface area contributed by atoms with Crippen molar-refractivity contribution in [3.8, 4) is 0 Å². The molecule has 1 aliphatic carbocycles. The number of allylic oxidation sites excluding steroid dienone is 2. The van der Waals surface area contributed by atoms with Gasteiger partial charge < -0.3 is 5.32 Å². The number of thiophene rings is 1. The fourth-order valence-electron chi connectivity index (χ4n) is 1.64. The van der Waals surface area contributed by atoms with E-state index in [0.717, 1.165) is 25.1 Å². The zero-order chi connectivity index (χ0) is 10.7. The second kappa shape index (κ2) is 4.62. The molecular formula is C12H15NOS. The molecule has 80 valence electrons. The normalized spacial score (nSPS) is 15.5. The second-order valence-electron chi connectivity index (χ2n) is 3.71. The van der Waals surface area contributed by atoms with Crippen LogP contribution in [0.2, 0.25) is 0 Å². The molecule has 1 N–H and O–H groups in total. The molecule has 1 heterocycles. The highest BCUT2D eigenvalue weighted by Crippen LogP contribution is 2.18. The number of carbonyl (C=O) groups excluding carboxylic acids is 1. The third kappa shape index (κ3) is 2.69. The van der Waals surface area contributed by atoms with E-state index < -0.39 is 0 Å². The molecule has 1 aliphatic rings. The minimum absolute atomic E-state index is 0.248. The monoisotopic (exact) mass is 221 g/mol. The Bertz CT molecular complexity index is 392. The summed E-state index contributed by atoms with van der Waals surface area (Å²) >= 11 is 1.84. The lowest BCUT2D eigenvalue weighted by Gasteiger charge is -2.03. The molecule has 0 saturated carbocycles. The van der Waals surface area contributed by atoms with Crippen LogP contribution < -0.4 is 5.32 Å². The van der Waals surface area contributed by atoms with Gasteiger partial charge in [0.05, 0.1) is 0 Å². The van der Waals surface area contributed by atoms with E-state index in [1.54, 1.807) is 6.08 Å². The van der Waals surface area contributed by atoms with E-state index in [1.807, 2.05) is 11.3 Å². The highest BCUT2D eigenvalue weighted by molar-refractivity contribution is 7.11. The summed E-state index contributed by atoms with van der Waals surface area (Å²) in [5.41, 5.74) is 1.09. The van der Waals surface area contributed by atoms with Crippen molar-refractivity contribution >= 4 is 17.1 Å². The molecule has 3 heteroatoms. The number of hydrogen-bond acceptors (Lipinski definition) is 3. The molecule has 0 aromatic carbocycles. The van der Waals surface area contributed by atoms with Gasteiger partial charge in [-0.05, 0) is 25.0 Å². The van der Waals surface area contributed by atoms with Crippen molar-refractivity contribution in [2.45, 2.75) is 32.7 Å². The Morgan fingerprint density at radius 2 is 2.13 bits per heavy atom. The maximum absolute atomic E-state index is 11.0. The van der Waals surface area contributed by atoms with Gasteiger partial charge in [-0.25, -0.2) is 0 Å². The number of carbonyl (C=O) groups is 1. The molecule has 1 aromatic rings. The molecule has 2 nitrogen and oxygen atoms in total. The number of nitrogens with one attached hydrogen (secondary N) is 1. The third-order valence-corrected chi connectivity index (χ3v) is 3.76. The van der Waals surface area contributed by atoms with Gasteiger partial charge >= 0.3 is 0 Å². The second-order valence-corrected chi connectivity index (χ2v) is 4.96. The summed E-state index contributed by atoms with van der Waals surface area (Å²) in [6, 6.07) is 4.34. The lowest BCUT2D eigenvalue weighted by Crippen LogP contribution is -2.09. The van der Waals surface area contributed by atoms with E-state index in [4.69, 9.17) is 0 Å². The van der Waals surface area contributed by atoms with Crippen molar-refractivity contribution in [3.63, 3.8) is 0 Å². The Hall–Kier alpha value is -1.09. The Morgan fingerprint density at radius 1 is 1.33 bits per heavy atom. The van der Waals surface area contributed by atoms with Crippen LogP contribution in [0, 0.1) is 0 Å². The molecule has 0 radical (unpaired) electrons. The minimum Gasteiger partial charge on any atom is -0.383 e. The molecule has 0 amide bonds. The number of aryl methyl sites for hydroxylation is 1. The van der Waals surface area contributed by atoms with Crippen LogP contribution in [-0.2, 0) is 17.8 Å². The van der Waals surface area contributed by atoms with E-state index in [0.29, 0.717) is 6.42 Å². The Labute approximate surface area is 94.0 Å². The SMILES string of the molecule is CCc1ccc(CNC2=CC(=O)CC2)s1. The van der Waals surface area contributed by atoms with Gasteiger partial charge in [0, 0.05) is 34.5 Å². The molecule has 1 aromatic heterocycles. The van der Waals surface area contributed by atoms with Crippen molar-refractivity contribution < 1.29 is 4.79 Å². The molecule has 0 saturated heterocycles. The van der Waals surface area contributed by atoms with Crippen LogP contribution in [0.3, 0.4) is 0 Å². The lowest BCUT2D eigenvalue weighted by atomic mass is 10.3. The predicted molar refractivity (Wildman–Crippen MR) is 62.9 cm³/mol. The molecular weight excluding hydrogens is 206 g/mol. The first-order chi connectivity index (χ1) is 7.28. The molecule has 0 bridgehead atoms. The average molecular weight is 221 g/mol. The summed E-state index contributed by atoms with van der Waals surface area (Å²) < 4.78 is 0. The van der Waals surface area contributed by atoms with Crippen molar-refractivity contribution in [2.75, 3.05) is 0 Å². The third-order valence-electron chi connectivity index (χ3n) is 2.53. The van der Waals surface area contributed by atoms with Gasteiger partial charge in [-0.15, -0.1) is 11.3 Å². The summed E-state index contributed by atoms with van der Waals surface area (Å²) in [4.78, 5) is 13.8. The molecule has 0 fully saturated rings. The number of hydrogen-bond donors (Lipinski definition) is 1. The fraction of sp³-hybridized carbons (Fsp3) is 0.417. The van der Waals surface area contributed by atoms with Crippen LogP contribution in [-0.4, -0.2) is 5.78 Å². The van der Waals surface area contributed by atoms with E-state index in [2.05, 4.69) is 24.4 Å². The summed E-state index contributed by atoms with van der Waals surface area (Å²) in [5.74, 6) is 0.248. The summed E-state index contributed by atoms with van der Waals surface area (Å²) in [5, 5.41) is 3.32. The van der Waals surface area contributed by atoms with Gasteiger partial charge in [-0.2, -0.15) is 0 Å². The van der Waals surface area contributed by atoms with E-state index >= 15 is 0 Å². The zero-order valence-corrected chi connectivity index (χ0v) is 9.69. The van der Waals surface area contributed by atoms with Crippen LogP contribution in [0.1, 0.15) is 29.5 Å². The van der Waals surface area contributed by atoms with Gasteiger partial charge in [0.25, 0.3) is 0 Å². The van der Waals surface area contributed by atoms with Crippen molar-refractivity contribution in [3.05, 3.63) is 33.7 Å². The van der Waals surface area contributed by atoms with Crippen LogP contribution in [0.4, 0.5) is 0 Å². The van der Waals surface area contributed by atoms with Crippen molar-refractivity contribution in [2.24, 2.45) is 0 Å². The molecule has 15 heavy (non-hydrogen) atoms. The molecule has 0 aliphatic heterocycles. The summed E-state index contributed by atoms with van der Waals surface area (Å²) in [6.45, 7) is 3.02. The van der Waals surface area contributed by atoms with E-state index in [1.165, 1.54) is 9.75 Å². The van der Waals surface area contributed by atoms with Crippen LogP contribution in [0.5, 0.6) is 0 Å². The number of ketones is 1. The van der Waals surface area contributed by atoms with Gasteiger partial charge in [0.2, 0.25) is 0 Å². The zero-order valence-electron chi connectivity index (χ0n) is 8.88. The Morgan fingerprint density at radius 3 is 2.73 bits per heavy atom. The molecule has 0 atom stereocenters. The summed E-state index contributed by atoms with van der Waals surface area (Å²) in [6.07, 6.45) is 4.39. The molecule has 0 spiro atoms. The van der Waals surface area contributed by atoms with Crippen LogP contribution in [0.25, 0.3) is 0 Å². The smallest absolute Gasteiger partial charge is 0.157 e. The van der Waals surface area contributed by atoms with E-state index in [-0.39, 0.29) is 5.78 Å². The van der Waals surface area contributed by atoms with Crippen molar-refractivity contribution in [1.82, 2.24) is 5.32 Å². The van der Waals surface area contributed by atoms with Crippen LogP contribution >= 0.6 is 11.3 Å². The van der Waals surface area contributed by atoms with Gasteiger partial charge in [-0.3, -0.25) is 4.79 Å². The molecule has 0 unspecified atom stereocenters. The lowest BCUT2D eigenvalue weighted by molar-refractivity contribution is -0.114. The van der Waals surface area contributed by atoms with Gasteiger partial charge in [0.1, 0.15) is 0 Å². The van der Waals surface area contributed by atoms with Gasteiger partial charge in [-0.1, -0.05) is 6.92 Å². The van der Waals surface area contributed by atoms with Gasteiger partial charge in [0.15, 0.2) is 5.78 Å². The minimum atomic E-state index is 0.248. The van der Waals surface area contributed by atoms with E-state index in [9.17, 15) is 4.79 Å². The first-order valence-electron chi connectivity index (χ1n) is 5.33. The van der Waals surface area contributed by atoms with Crippen molar-refractivity contribution in [1.29, 1.82) is 0 Å². The average Bonchev–Trinajstić information content (AvgIpc) is 2.83. The largest absolute Gasteiger partial charge is 0.383 e. The maximum Gasteiger partial charge on any atom is 0.157 e. The standard InChI is InChI=1S/C12H15NOS/c1-2-11-5-6-12(15-11)8-13-9-3-4-10(14)7-9/h5-7,13H,2-4,8H2,1H3. The highest BCUT2D eigenvalue weighted by Gasteiger charge is 2.11. The number of rotatable bonds is 4. The predicted octanol–water partition coefficient (Wildman–Crippen LogP) is 2.65. The fourth-order valence-corrected chi connectivity index (χ4v) is 2.54. The first-order valence-corrected chi connectivity index (χ1v) is 6.14. The maximum atomic E-state index is 11.0. The Balaban J connectivity index is 1.88.